The van der Waals surface area contributed by atoms with Crippen LogP contribution in [0.4, 0.5) is 5.69 Å². The zero-order valence-corrected chi connectivity index (χ0v) is 11.5. The molecule has 1 heterocycles. The Hall–Kier alpha value is -1.75. The number of anilines is 1. The summed E-state index contributed by atoms with van der Waals surface area (Å²) < 4.78 is 5.27. The molecule has 104 valence electrons. The second kappa shape index (κ2) is 5.93. The van der Waals surface area contributed by atoms with Gasteiger partial charge in [0.15, 0.2) is 0 Å². The van der Waals surface area contributed by atoms with Gasteiger partial charge in [0.05, 0.1) is 7.11 Å². The second-order valence-electron chi connectivity index (χ2n) is 4.66. The van der Waals surface area contributed by atoms with Crippen molar-refractivity contribution in [2.45, 2.75) is 25.4 Å². The minimum Gasteiger partial charge on any atom is -0.497 e. The third-order valence-electron chi connectivity index (χ3n) is 3.62. The number of hydrogen-bond donors (Lipinski definition) is 2. The molecule has 1 aromatic rings. The SMILES string of the molecule is CNC(=O)C1CCCN1c1cc(OC)ccc1CN. The quantitative estimate of drug-likeness (QED) is 0.846. The molecular weight excluding hydrogens is 242 g/mol. The fraction of sp³-hybridized carbons (Fsp3) is 0.500. The average molecular weight is 263 g/mol. The standard InChI is InChI=1S/C14H21N3O2/c1-16-14(18)12-4-3-7-17(12)13-8-11(19-2)6-5-10(13)9-15/h5-6,8,12H,3-4,7,9,15H2,1-2H3,(H,16,18). The number of nitrogens with one attached hydrogen (secondary N) is 1. The highest BCUT2D eigenvalue weighted by Crippen LogP contribution is 2.31. The lowest BCUT2D eigenvalue weighted by molar-refractivity contribution is -0.121. The summed E-state index contributed by atoms with van der Waals surface area (Å²) in [5, 5.41) is 2.73. The van der Waals surface area contributed by atoms with Crippen molar-refractivity contribution in [3.05, 3.63) is 23.8 Å². The number of carbonyl (C=O) groups is 1. The highest BCUT2D eigenvalue weighted by atomic mass is 16.5. The van der Waals surface area contributed by atoms with E-state index in [2.05, 4.69) is 10.2 Å². The molecule has 1 saturated heterocycles. The van der Waals surface area contributed by atoms with E-state index in [9.17, 15) is 4.79 Å². The van der Waals surface area contributed by atoms with Crippen LogP contribution in [0.25, 0.3) is 0 Å². The van der Waals surface area contributed by atoms with Gasteiger partial charge in [0.25, 0.3) is 0 Å². The Labute approximate surface area is 113 Å². The minimum absolute atomic E-state index is 0.0586. The summed E-state index contributed by atoms with van der Waals surface area (Å²) in [5.74, 6) is 0.845. The van der Waals surface area contributed by atoms with E-state index in [0.717, 1.165) is 36.4 Å². The zero-order chi connectivity index (χ0) is 13.8. The summed E-state index contributed by atoms with van der Waals surface area (Å²) in [7, 11) is 3.32. The van der Waals surface area contributed by atoms with Crippen molar-refractivity contribution >= 4 is 11.6 Å². The second-order valence-corrected chi connectivity index (χ2v) is 4.66. The zero-order valence-electron chi connectivity index (χ0n) is 11.5. The molecule has 1 unspecified atom stereocenters. The molecule has 5 nitrogen and oxygen atoms in total. The summed E-state index contributed by atoms with van der Waals surface area (Å²) in [4.78, 5) is 14.1. The maximum Gasteiger partial charge on any atom is 0.242 e. The minimum atomic E-state index is -0.109. The van der Waals surface area contributed by atoms with Crippen LogP contribution in [-0.2, 0) is 11.3 Å². The Kier molecular flexibility index (Phi) is 4.27. The Balaban J connectivity index is 2.36. The van der Waals surface area contributed by atoms with Crippen molar-refractivity contribution in [2.24, 2.45) is 5.73 Å². The predicted octanol–water partition coefficient (Wildman–Crippen LogP) is 0.869. The molecule has 0 saturated carbocycles. The van der Waals surface area contributed by atoms with Crippen molar-refractivity contribution in [3.63, 3.8) is 0 Å². The molecule has 2 rings (SSSR count). The number of hydrogen-bond acceptors (Lipinski definition) is 4. The molecule has 0 aromatic heterocycles. The van der Waals surface area contributed by atoms with Gasteiger partial charge in [-0.2, -0.15) is 0 Å². The molecule has 1 aliphatic rings. The Morgan fingerprint density at radius 2 is 2.37 bits per heavy atom. The van der Waals surface area contributed by atoms with Gasteiger partial charge in [-0.3, -0.25) is 4.79 Å². The lowest BCUT2D eigenvalue weighted by Crippen LogP contribution is -2.42. The monoisotopic (exact) mass is 263 g/mol. The van der Waals surface area contributed by atoms with Crippen LogP contribution in [0.15, 0.2) is 18.2 Å². The van der Waals surface area contributed by atoms with E-state index >= 15 is 0 Å². The van der Waals surface area contributed by atoms with Crippen molar-refractivity contribution in [1.29, 1.82) is 0 Å². The number of nitrogens with two attached hydrogens (primary N) is 1. The predicted molar refractivity (Wildman–Crippen MR) is 75.3 cm³/mol. The number of carbonyl (C=O) groups excluding carboxylic acids is 1. The van der Waals surface area contributed by atoms with E-state index in [1.807, 2.05) is 18.2 Å². The Morgan fingerprint density at radius 3 is 3.00 bits per heavy atom. The van der Waals surface area contributed by atoms with Crippen LogP contribution in [0, 0.1) is 0 Å². The van der Waals surface area contributed by atoms with Crippen LogP contribution in [0.2, 0.25) is 0 Å². The van der Waals surface area contributed by atoms with E-state index in [1.54, 1.807) is 14.2 Å². The van der Waals surface area contributed by atoms with E-state index in [1.165, 1.54) is 0 Å². The number of rotatable bonds is 4. The summed E-state index contributed by atoms with van der Waals surface area (Å²) >= 11 is 0. The summed E-state index contributed by atoms with van der Waals surface area (Å²) in [5.41, 5.74) is 7.84. The van der Waals surface area contributed by atoms with Gasteiger partial charge in [0.2, 0.25) is 5.91 Å². The number of likely N-dealkylation sites (N-methyl/N-ethyl adjacent to an activating group) is 1. The van der Waals surface area contributed by atoms with Gasteiger partial charge in [0.1, 0.15) is 11.8 Å². The third kappa shape index (κ3) is 2.66. The van der Waals surface area contributed by atoms with Crippen molar-refractivity contribution in [2.75, 3.05) is 25.6 Å². The van der Waals surface area contributed by atoms with E-state index < -0.39 is 0 Å². The number of ether oxygens (including phenoxy) is 1. The first-order valence-corrected chi connectivity index (χ1v) is 6.56. The van der Waals surface area contributed by atoms with Crippen molar-refractivity contribution in [3.8, 4) is 5.75 Å². The van der Waals surface area contributed by atoms with Crippen molar-refractivity contribution < 1.29 is 9.53 Å². The molecule has 0 spiro atoms. The molecule has 0 aliphatic carbocycles. The lowest BCUT2D eigenvalue weighted by atomic mass is 10.1. The van der Waals surface area contributed by atoms with E-state index in [-0.39, 0.29) is 11.9 Å². The largest absolute Gasteiger partial charge is 0.497 e. The topological polar surface area (TPSA) is 67.6 Å². The molecule has 0 radical (unpaired) electrons. The molecule has 1 aliphatic heterocycles. The van der Waals surface area contributed by atoms with Gasteiger partial charge in [0, 0.05) is 31.9 Å². The van der Waals surface area contributed by atoms with Crippen LogP contribution in [0.3, 0.4) is 0 Å². The smallest absolute Gasteiger partial charge is 0.242 e. The molecular formula is C14H21N3O2. The number of amides is 1. The third-order valence-corrected chi connectivity index (χ3v) is 3.62. The molecule has 1 fully saturated rings. The van der Waals surface area contributed by atoms with Gasteiger partial charge < -0.3 is 20.7 Å². The van der Waals surface area contributed by atoms with Crippen LogP contribution in [-0.4, -0.2) is 32.7 Å². The molecule has 0 bridgehead atoms. The molecule has 19 heavy (non-hydrogen) atoms. The Morgan fingerprint density at radius 1 is 1.58 bits per heavy atom. The van der Waals surface area contributed by atoms with Gasteiger partial charge in [-0.15, -0.1) is 0 Å². The fourth-order valence-corrected chi connectivity index (χ4v) is 2.60. The van der Waals surface area contributed by atoms with E-state index in [4.69, 9.17) is 10.5 Å². The molecule has 1 amide bonds. The number of methoxy groups -OCH3 is 1. The van der Waals surface area contributed by atoms with Crippen molar-refractivity contribution in [1.82, 2.24) is 5.32 Å². The maximum atomic E-state index is 11.9. The van der Waals surface area contributed by atoms with Gasteiger partial charge in [-0.25, -0.2) is 0 Å². The highest BCUT2D eigenvalue weighted by Gasteiger charge is 2.31. The Bertz CT molecular complexity index is 462. The first-order chi connectivity index (χ1) is 9.21. The van der Waals surface area contributed by atoms with Gasteiger partial charge >= 0.3 is 0 Å². The lowest BCUT2D eigenvalue weighted by Gasteiger charge is -2.27. The van der Waals surface area contributed by atoms with Crippen LogP contribution in [0.1, 0.15) is 18.4 Å². The van der Waals surface area contributed by atoms with Crippen LogP contribution < -0.4 is 20.7 Å². The highest BCUT2D eigenvalue weighted by molar-refractivity contribution is 5.86. The van der Waals surface area contributed by atoms with Crippen LogP contribution in [0.5, 0.6) is 5.75 Å². The van der Waals surface area contributed by atoms with Gasteiger partial charge in [-0.05, 0) is 24.5 Å². The van der Waals surface area contributed by atoms with E-state index in [0.29, 0.717) is 6.54 Å². The van der Waals surface area contributed by atoms with Gasteiger partial charge in [-0.1, -0.05) is 6.07 Å². The molecule has 5 heteroatoms. The fourth-order valence-electron chi connectivity index (χ4n) is 2.60. The normalized spacial score (nSPS) is 18.5. The summed E-state index contributed by atoms with van der Waals surface area (Å²) in [6.45, 7) is 1.33. The maximum absolute atomic E-state index is 11.9. The van der Waals surface area contributed by atoms with Crippen LogP contribution >= 0.6 is 0 Å². The summed E-state index contributed by atoms with van der Waals surface area (Å²) in [6, 6.07) is 5.72. The average Bonchev–Trinajstić information content (AvgIpc) is 2.94. The number of benzene rings is 1. The molecule has 1 atom stereocenters. The molecule has 3 N–H and O–H groups in total. The summed E-state index contributed by atoms with van der Waals surface area (Å²) in [6.07, 6.45) is 1.89. The molecule has 1 aromatic carbocycles. The number of nitrogens with zero attached hydrogens (tertiary/aromatic N) is 1. The first kappa shape index (κ1) is 13.7. The first-order valence-electron chi connectivity index (χ1n) is 6.56.